The number of imidazole rings is 1. The molecular weight excluding hydrogens is 346 g/mol. The summed E-state index contributed by atoms with van der Waals surface area (Å²) in [6.45, 7) is 4.08. The predicted molar refractivity (Wildman–Crippen MR) is 90.7 cm³/mol. The minimum absolute atomic E-state index is 0.0588. The zero-order valence-corrected chi connectivity index (χ0v) is 14.8. The van der Waals surface area contributed by atoms with Gasteiger partial charge in [0.15, 0.2) is 0 Å². The van der Waals surface area contributed by atoms with Gasteiger partial charge in [-0.15, -0.1) is 0 Å². The predicted octanol–water partition coefficient (Wildman–Crippen LogP) is 1.23. The second kappa shape index (κ2) is 6.98. The van der Waals surface area contributed by atoms with Gasteiger partial charge in [0, 0.05) is 6.07 Å². The fraction of sp³-hybridized carbons (Fsp3) is 0.438. The summed E-state index contributed by atoms with van der Waals surface area (Å²) in [7, 11) is 1.14. The molecule has 0 radical (unpaired) electrons. The van der Waals surface area contributed by atoms with Crippen LogP contribution >= 0.6 is 0 Å². The molecule has 26 heavy (non-hydrogen) atoms. The topological polar surface area (TPSA) is 123 Å². The molecule has 140 valence electrons. The number of methoxy groups -OCH3 is 1. The zero-order chi connectivity index (χ0) is 19.6. The van der Waals surface area contributed by atoms with Crippen molar-refractivity contribution in [2.45, 2.75) is 39.5 Å². The molecule has 0 aliphatic carbocycles. The van der Waals surface area contributed by atoms with Crippen molar-refractivity contribution in [1.29, 1.82) is 0 Å². The highest BCUT2D eigenvalue weighted by Gasteiger charge is 2.26. The summed E-state index contributed by atoms with van der Waals surface area (Å²) >= 11 is 0. The molecule has 0 aliphatic heterocycles. The molecule has 1 heterocycles. The van der Waals surface area contributed by atoms with Crippen LogP contribution in [-0.4, -0.2) is 38.7 Å². The number of non-ortho nitro benzene ring substituents is 1. The summed E-state index contributed by atoms with van der Waals surface area (Å²) in [5, 5.41) is 11.3. The van der Waals surface area contributed by atoms with Gasteiger partial charge in [0.2, 0.25) is 0 Å². The number of nitro groups is 1. The number of aromatic nitrogens is 2. The molecule has 0 amide bonds. The third-order valence-corrected chi connectivity index (χ3v) is 3.43. The van der Waals surface area contributed by atoms with E-state index in [1.54, 1.807) is 20.8 Å². The average Bonchev–Trinajstić information content (AvgIpc) is 2.78. The average molecular weight is 365 g/mol. The molecule has 2 rings (SSSR count). The molecule has 0 spiro atoms. The number of hydrogen-bond acceptors (Lipinski definition) is 7. The molecular formula is C16H19N3O7. The van der Waals surface area contributed by atoms with Crippen molar-refractivity contribution >= 4 is 28.7 Å². The van der Waals surface area contributed by atoms with Gasteiger partial charge in [-0.2, -0.15) is 0 Å². The van der Waals surface area contributed by atoms with Crippen molar-refractivity contribution < 1.29 is 24.0 Å². The molecule has 0 N–H and O–H groups in total. The Bertz CT molecular complexity index is 934. The van der Waals surface area contributed by atoms with Gasteiger partial charge in [0.25, 0.3) is 5.69 Å². The van der Waals surface area contributed by atoms with E-state index in [4.69, 9.17) is 4.74 Å². The number of ether oxygens (including phenoxy) is 2. The van der Waals surface area contributed by atoms with E-state index >= 15 is 0 Å². The fourth-order valence-electron chi connectivity index (χ4n) is 2.50. The van der Waals surface area contributed by atoms with Crippen LogP contribution in [0.4, 0.5) is 5.69 Å². The molecule has 0 unspecified atom stereocenters. The molecule has 0 bridgehead atoms. The molecule has 0 atom stereocenters. The van der Waals surface area contributed by atoms with Crippen LogP contribution in [0.2, 0.25) is 0 Å². The van der Waals surface area contributed by atoms with Crippen LogP contribution in [0.15, 0.2) is 23.0 Å². The van der Waals surface area contributed by atoms with Crippen LogP contribution < -0.4 is 5.69 Å². The first-order valence-electron chi connectivity index (χ1n) is 7.70. The lowest BCUT2D eigenvalue weighted by atomic mass is 10.2. The van der Waals surface area contributed by atoms with Gasteiger partial charge in [-0.1, -0.05) is 6.07 Å². The summed E-state index contributed by atoms with van der Waals surface area (Å²) in [6, 6.07) is 4.07. The van der Waals surface area contributed by atoms with Crippen LogP contribution in [0.3, 0.4) is 0 Å². The number of para-hydroxylation sites is 1. The Morgan fingerprint density at radius 1 is 1.15 bits per heavy atom. The minimum atomic E-state index is -0.753. The van der Waals surface area contributed by atoms with Gasteiger partial charge in [0.1, 0.15) is 24.2 Å². The van der Waals surface area contributed by atoms with Gasteiger partial charge in [-0.3, -0.25) is 28.8 Å². The highest BCUT2D eigenvalue weighted by atomic mass is 16.6. The van der Waals surface area contributed by atoms with Gasteiger partial charge in [-0.25, -0.2) is 4.79 Å². The minimum Gasteiger partial charge on any atom is -0.468 e. The van der Waals surface area contributed by atoms with Gasteiger partial charge in [-0.05, 0) is 26.8 Å². The van der Waals surface area contributed by atoms with Crippen LogP contribution in [0.1, 0.15) is 20.8 Å². The Morgan fingerprint density at radius 3 is 2.31 bits per heavy atom. The van der Waals surface area contributed by atoms with Crippen LogP contribution in [-0.2, 0) is 32.2 Å². The van der Waals surface area contributed by atoms with Crippen LogP contribution in [0.5, 0.6) is 0 Å². The Kier molecular flexibility index (Phi) is 5.15. The third-order valence-electron chi connectivity index (χ3n) is 3.43. The van der Waals surface area contributed by atoms with Gasteiger partial charge in [0.05, 0.1) is 17.5 Å². The van der Waals surface area contributed by atoms with E-state index in [2.05, 4.69) is 4.74 Å². The lowest BCUT2D eigenvalue weighted by molar-refractivity contribution is -0.383. The maximum atomic E-state index is 12.7. The van der Waals surface area contributed by atoms with Crippen molar-refractivity contribution in [2.75, 3.05) is 7.11 Å². The standard InChI is InChI=1S/C16H19N3O7/c1-16(2,3)26-13(21)9-17-10-6-5-7-11(19(23)24)14(10)18(15(17)22)8-12(20)25-4/h5-7H,8-9H2,1-4H3. The lowest BCUT2D eigenvalue weighted by Gasteiger charge is -2.19. The van der Waals surface area contributed by atoms with E-state index in [1.165, 1.54) is 18.2 Å². The lowest BCUT2D eigenvalue weighted by Crippen LogP contribution is -2.32. The Labute approximate surface area is 148 Å². The monoisotopic (exact) mass is 365 g/mol. The van der Waals surface area contributed by atoms with Crippen LogP contribution in [0, 0.1) is 10.1 Å². The summed E-state index contributed by atoms with van der Waals surface area (Å²) in [6.07, 6.45) is 0. The molecule has 0 saturated heterocycles. The van der Waals surface area contributed by atoms with Crippen molar-refractivity contribution in [3.05, 3.63) is 38.8 Å². The normalized spacial score (nSPS) is 11.4. The number of fused-ring (bicyclic) bond motifs is 1. The van der Waals surface area contributed by atoms with Crippen molar-refractivity contribution in [3.63, 3.8) is 0 Å². The number of carbonyl (C=O) groups is 2. The number of esters is 2. The van der Waals surface area contributed by atoms with E-state index in [9.17, 15) is 24.5 Å². The molecule has 10 heteroatoms. The first kappa shape index (κ1) is 19.2. The highest BCUT2D eigenvalue weighted by Crippen LogP contribution is 2.25. The fourth-order valence-corrected chi connectivity index (χ4v) is 2.50. The highest BCUT2D eigenvalue weighted by molar-refractivity contribution is 5.87. The van der Waals surface area contributed by atoms with Crippen molar-refractivity contribution in [2.24, 2.45) is 0 Å². The molecule has 10 nitrogen and oxygen atoms in total. The molecule has 1 aromatic carbocycles. The molecule has 0 aliphatic rings. The summed E-state index contributed by atoms with van der Waals surface area (Å²) in [5.41, 5.74) is -1.76. The summed E-state index contributed by atoms with van der Waals surface area (Å²) in [5.74, 6) is -1.43. The number of nitro benzene ring substituents is 1. The van der Waals surface area contributed by atoms with E-state index in [0.29, 0.717) is 0 Å². The Hall–Kier alpha value is -3.17. The summed E-state index contributed by atoms with van der Waals surface area (Å²) in [4.78, 5) is 47.1. The largest absolute Gasteiger partial charge is 0.468 e. The van der Waals surface area contributed by atoms with E-state index in [0.717, 1.165) is 16.2 Å². The molecule has 0 saturated carbocycles. The number of benzene rings is 1. The Morgan fingerprint density at radius 2 is 1.77 bits per heavy atom. The summed E-state index contributed by atoms with van der Waals surface area (Å²) < 4.78 is 11.7. The zero-order valence-electron chi connectivity index (χ0n) is 14.8. The van der Waals surface area contributed by atoms with Crippen molar-refractivity contribution in [3.8, 4) is 0 Å². The van der Waals surface area contributed by atoms with Crippen molar-refractivity contribution in [1.82, 2.24) is 9.13 Å². The number of hydrogen-bond donors (Lipinski definition) is 0. The van der Waals surface area contributed by atoms with E-state index < -0.39 is 41.2 Å². The molecule has 0 fully saturated rings. The van der Waals surface area contributed by atoms with Crippen LogP contribution in [0.25, 0.3) is 11.0 Å². The second-order valence-corrected chi connectivity index (χ2v) is 6.52. The SMILES string of the molecule is COC(=O)Cn1c(=O)n(CC(=O)OC(C)(C)C)c2cccc([N+](=O)[O-])c21. The number of rotatable bonds is 5. The van der Waals surface area contributed by atoms with Gasteiger partial charge >= 0.3 is 17.6 Å². The maximum absolute atomic E-state index is 12.7. The maximum Gasteiger partial charge on any atom is 0.330 e. The van der Waals surface area contributed by atoms with Gasteiger partial charge < -0.3 is 9.47 Å². The first-order chi connectivity index (χ1) is 12.0. The smallest absolute Gasteiger partial charge is 0.330 e. The molecule has 2 aromatic rings. The molecule has 1 aromatic heterocycles. The van der Waals surface area contributed by atoms with E-state index in [-0.39, 0.29) is 16.7 Å². The number of nitrogens with zero attached hydrogens (tertiary/aromatic N) is 3. The second-order valence-electron chi connectivity index (χ2n) is 6.52. The first-order valence-corrected chi connectivity index (χ1v) is 7.70. The van der Waals surface area contributed by atoms with E-state index in [1.807, 2.05) is 0 Å². The number of carbonyl (C=O) groups excluding carboxylic acids is 2. The quantitative estimate of drug-likeness (QED) is 0.443. The Balaban J connectivity index is 2.64. The third kappa shape index (κ3) is 3.90.